The predicted molar refractivity (Wildman–Crippen MR) is 66.3 cm³/mol. The van der Waals surface area contributed by atoms with Gasteiger partial charge < -0.3 is 4.90 Å². The minimum Gasteiger partial charge on any atom is -0.331 e. The zero-order valence-corrected chi connectivity index (χ0v) is 10.5. The summed E-state index contributed by atoms with van der Waals surface area (Å²) in [6, 6.07) is 5.19. The Morgan fingerprint density at radius 1 is 1.41 bits per heavy atom. The van der Waals surface area contributed by atoms with Crippen LogP contribution >= 0.6 is 11.6 Å². The minimum absolute atomic E-state index is 0.0854. The molecule has 1 aliphatic rings. The number of aryl methyl sites for hydroxylation is 1. The number of halogens is 1. The molecule has 1 saturated heterocycles. The molecule has 0 saturated carbocycles. The van der Waals surface area contributed by atoms with Gasteiger partial charge in [0.05, 0.1) is 6.54 Å². The fraction of sp³-hybridized carbons (Fsp3) is 0.385. The molecule has 0 aromatic heterocycles. The van der Waals surface area contributed by atoms with Gasteiger partial charge in [-0.3, -0.25) is 9.59 Å². The lowest BCUT2D eigenvalue weighted by atomic mass is 10.1. The van der Waals surface area contributed by atoms with E-state index in [1.54, 1.807) is 23.1 Å². The molecule has 0 aliphatic carbocycles. The van der Waals surface area contributed by atoms with E-state index in [0.717, 1.165) is 12.0 Å². The third kappa shape index (κ3) is 2.67. The molecule has 3 nitrogen and oxygen atoms in total. The molecule has 1 amide bonds. The normalized spacial score (nSPS) is 16.1. The molecule has 0 atom stereocenters. The summed E-state index contributed by atoms with van der Waals surface area (Å²) in [6.07, 6.45) is 1.35. The highest BCUT2D eigenvalue weighted by Gasteiger charge is 2.22. The van der Waals surface area contributed by atoms with Crippen LogP contribution in [0, 0.1) is 6.92 Å². The second-order valence-corrected chi connectivity index (χ2v) is 4.74. The predicted octanol–water partition coefficient (Wildman–Crippen LogP) is 2.45. The zero-order valence-electron chi connectivity index (χ0n) is 9.70. The molecule has 17 heavy (non-hydrogen) atoms. The van der Waals surface area contributed by atoms with Crippen molar-refractivity contribution in [3.05, 3.63) is 34.3 Å². The topological polar surface area (TPSA) is 37.4 Å². The Labute approximate surface area is 105 Å². The lowest BCUT2D eigenvalue weighted by molar-refractivity contribution is -0.121. The van der Waals surface area contributed by atoms with Crippen molar-refractivity contribution in [2.45, 2.75) is 19.8 Å². The van der Waals surface area contributed by atoms with E-state index < -0.39 is 0 Å². The van der Waals surface area contributed by atoms with Crippen LogP contribution in [-0.4, -0.2) is 29.7 Å². The van der Waals surface area contributed by atoms with Gasteiger partial charge in [-0.1, -0.05) is 11.6 Å². The number of amides is 1. The lowest BCUT2D eigenvalue weighted by Crippen LogP contribution is -2.40. The van der Waals surface area contributed by atoms with Gasteiger partial charge in [-0.05, 0) is 37.1 Å². The number of benzene rings is 1. The van der Waals surface area contributed by atoms with E-state index in [1.165, 1.54) is 0 Å². The number of hydrogen-bond donors (Lipinski definition) is 0. The number of carbonyl (C=O) groups excluding carboxylic acids is 2. The number of carbonyl (C=O) groups is 2. The zero-order chi connectivity index (χ0) is 12.4. The second kappa shape index (κ2) is 4.88. The molecule has 1 heterocycles. The number of piperidine rings is 1. The second-order valence-electron chi connectivity index (χ2n) is 4.33. The summed E-state index contributed by atoms with van der Waals surface area (Å²) in [5.41, 5.74) is 1.47. The average molecular weight is 252 g/mol. The maximum atomic E-state index is 12.1. The fourth-order valence-corrected chi connectivity index (χ4v) is 2.09. The highest BCUT2D eigenvalue weighted by atomic mass is 35.5. The molecule has 0 N–H and O–H groups in total. The quantitative estimate of drug-likeness (QED) is 0.769. The monoisotopic (exact) mass is 251 g/mol. The lowest BCUT2D eigenvalue weighted by Gasteiger charge is -2.26. The van der Waals surface area contributed by atoms with Crippen molar-refractivity contribution in [1.29, 1.82) is 0 Å². The first-order valence-electron chi connectivity index (χ1n) is 5.65. The SMILES string of the molecule is Cc1cc(C(=O)N2CCCC(=O)C2)ccc1Cl. The van der Waals surface area contributed by atoms with Crippen molar-refractivity contribution in [2.75, 3.05) is 13.1 Å². The molecule has 0 radical (unpaired) electrons. The van der Waals surface area contributed by atoms with Crippen molar-refractivity contribution in [3.63, 3.8) is 0 Å². The largest absolute Gasteiger partial charge is 0.331 e. The van der Waals surface area contributed by atoms with E-state index in [0.29, 0.717) is 23.6 Å². The van der Waals surface area contributed by atoms with Gasteiger partial charge in [0, 0.05) is 23.6 Å². The smallest absolute Gasteiger partial charge is 0.254 e. The number of ketones is 1. The first kappa shape index (κ1) is 12.1. The van der Waals surface area contributed by atoms with Crippen LogP contribution in [0.15, 0.2) is 18.2 Å². The van der Waals surface area contributed by atoms with E-state index in [9.17, 15) is 9.59 Å². The number of nitrogens with zero attached hydrogens (tertiary/aromatic N) is 1. The van der Waals surface area contributed by atoms with Gasteiger partial charge >= 0.3 is 0 Å². The van der Waals surface area contributed by atoms with Crippen LogP contribution in [0.2, 0.25) is 5.02 Å². The Balaban J connectivity index is 2.18. The average Bonchev–Trinajstić information content (AvgIpc) is 2.32. The number of rotatable bonds is 1. The van der Waals surface area contributed by atoms with Crippen LogP contribution in [0.5, 0.6) is 0 Å². The van der Waals surface area contributed by atoms with Crippen LogP contribution in [0.4, 0.5) is 0 Å². The molecule has 4 heteroatoms. The van der Waals surface area contributed by atoms with Crippen LogP contribution < -0.4 is 0 Å². The Hall–Kier alpha value is -1.35. The molecule has 0 bridgehead atoms. The third-order valence-corrected chi connectivity index (χ3v) is 3.37. The summed E-state index contributed by atoms with van der Waals surface area (Å²) in [5, 5.41) is 0.649. The molecule has 1 fully saturated rings. The van der Waals surface area contributed by atoms with E-state index in [-0.39, 0.29) is 18.2 Å². The molecule has 1 aromatic rings. The van der Waals surface area contributed by atoms with E-state index in [4.69, 9.17) is 11.6 Å². The molecule has 0 spiro atoms. The van der Waals surface area contributed by atoms with Crippen LogP contribution in [-0.2, 0) is 4.79 Å². The summed E-state index contributed by atoms with van der Waals surface area (Å²) in [4.78, 5) is 25.1. The van der Waals surface area contributed by atoms with Crippen LogP contribution in [0.3, 0.4) is 0 Å². The Kier molecular flexibility index (Phi) is 3.48. The molecular weight excluding hydrogens is 238 g/mol. The molecule has 2 rings (SSSR count). The number of likely N-dealkylation sites (tertiary alicyclic amines) is 1. The van der Waals surface area contributed by atoms with Gasteiger partial charge in [0.25, 0.3) is 5.91 Å². The molecule has 1 aliphatic heterocycles. The van der Waals surface area contributed by atoms with Gasteiger partial charge in [0.1, 0.15) is 0 Å². The summed E-state index contributed by atoms with van der Waals surface area (Å²) >= 11 is 5.92. The maximum Gasteiger partial charge on any atom is 0.254 e. The summed E-state index contributed by atoms with van der Waals surface area (Å²) < 4.78 is 0. The van der Waals surface area contributed by atoms with E-state index >= 15 is 0 Å². The molecule has 90 valence electrons. The van der Waals surface area contributed by atoms with Gasteiger partial charge in [-0.25, -0.2) is 0 Å². The van der Waals surface area contributed by atoms with Crippen molar-refractivity contribution in [3.8, 4) is 0 Å². The van der Waals surface area contributed by atoms with Crippen molar-refractivity contribution in [2.24, 2.45) is 0 Å². The van der Waals surface area contributed by atoms with E-state index in [1.807, 2.05) is 6.92 Å². The molecular formula is C13H14ClNO2. The number of hydrogen-bond acceptors (Lipinski definition) is 2. The first-order chi connectivity index (χ1) is 8.08. The van der Waals surface area contributed by atoms with E-state index in [2.05, 4.69) is 0 Å². The summed E-state index contributed by atoms with van der Waals surface area (Å²) in [6.45, 7) is 2.76. The maximum absolute atomic E-state index is 12.1. The van der Waals surface area contributed by atoms with Crippen molar-refractivity contribution in [1.82, 2.24) is 4.90 Å². The number of Topliss-reactive ketones (excluding diaryl/α,β-unsaturated/α-hetero) is 1. The van der Waals surface area contributed by atoms with Crippen LogP contribution in [0.25, 0.3) is 0 Å². The van der Waals surface area contributed by atoms with Gasteiger partial charge in [0.2, 0.25) is 0 Å². The van der Waals surface area contributed by atoms with Crippen molar-refractivity contribution >= 4 is 23.3 Å². The standard InChI is InChI=1S/C13H14ClNO2/c1-9-7-10(4-5-12(9)14)13(17)15-6-2-3-11(16)8-15/h4-5,7H,2-3,6,8H2,1H3. The Morgan fingerprint density at radius 3 is 2.82 bits per heavy atom. The molecule has 1 aromatic carbocycles. The van der Waals surface area contributed by atoms with Crippen LogP contribution in [0.1, 0.15) is 28.8 Å². The fourth-order valence-electron chi connectivity index (χ4n) is 1.97. The van der Waals surface area contributed by atoms with Gasteiger partial charge in [0.15, 0.2) is 5.78 Å². The Morgan fingerprint density at radius 2 is 2.18 bits per heavy atom. The third-order valence-electron chi connectivity index (χ3n) is 2.94. The first-order valence-corrected chi connectivity index (χ1v) is 6.03. The van der Waals surface area contributed by atoms with Crippen molar-refractivity contribution < 1.29 is 9.59 Å². The summed E-state index contributed by atoms with van der Waals surface area (Å²) in [5.74, 6) is 0.0492. The summed E-state index contributed by atoms with van der Waals surface area (Å²) in [7, 11) is 0. The minimum atomic E-state index is -0.0854. The van der Waals surface area contributed by atoms with Gasteiger partial charge in [-0.2, -0.15) is 0 Å². The highest BCUT2D eigenvalue weighted by molar-refractivity contribution is 6.31. The molecule has 0 unspecified atom stereocenters. The highest BCUT2D eigenvalue weighted by Crippen LogP contribution is 2.18. The van der Waals surface area contributed by atoms with Gasteiger partial charge in [-0.15, -0.1) is 0 Å². The Bertz CT molecular complexity index is 470.